The number of ketones is 1. The van der Waals surface area contributed by atoms with Crippen molar-refractivity contribution in [2.24, 2.45) is 5.92 Å². The predicted octanol–water partition coefficient (Wildman–Crippen LogP) is 1.81. The van der Waals surface area contributed by atoms with E-state index in [0.29, 0.717) is 13.0 Å². The first kappa shape index (κ1) is 31.0. The summed E-state index contributed by atoms with van der Waals surface area (Å²) in [6.45, 7) is 3.35. The Hall–Kier alpha value is -4.50. The standard InChI is InChI=1S/C25H27F4N5O7/c1-25(2,3)41-24(39)33-21-23(38)34(7-6-30-21)10-17(36)32-15(8-12-4-5-31-22(12)37)16(35)11-40-20-18(28)13(26)9-14(27)19(20)29/h6-7,9,12,15H,4-5,8,10-11H2,1-3H3,(H,31,37)(H,32,36)(H,30,33,39). The number of Topliss-reactive ketones (excluding diaryl/α,β-unsaturated/α-hetero) is 1. The summed E-state index contributed by atoms with van der Waals surface area (Å²) in [5, 5.41) is 7.08. The quantitative estimate of drug-likeness (QED) is 0.282. The lowest BCUT2D eigenvalue weighted by molar-refractivity contribution is -0.130. The van der Waals surface area contributed by atoms with Crippen molar-refractivity contribution in [3.05, 3.63) is 52.1 Å². The first-order valence-electron chi connectivity index (χ1n) is 12.3. The molecule has 222 valence electrons. The van der Waals surface area contributed by atoms with Crippen LogP contribution in [0, 0.1) is 29.2 Å². The number of hydrogen-bond acceptors (Lipinski definition) is 8. The molecule has 1 fully saturated rings. The van der Waals surface area contributed by atoms with Crippen LogP contribution < -0.4 is 26.2 Å². The number of nitrogens with one attached hydrogen (secondary N) is 3. The van der Waals surface area contributed by atoms with E-state index >= 15 is 0 Å². The van der Waals surface area contributed by atoms with Crippen molar-refractivity contribution >= 4 is 29.5 Å². The van der Waals surface area contributed by atoms with Gasteiger partial charge in [0.15, 0.2) is 23.2 Å². The number of anilines is 1. The fourth-order valence-corrected chi connectivity index (χ4v) is 3.80. The van der Waals surface area contributed by atoms with Crippen molar-refractivity contribution in [3.8, 4) is 5.75 Å². The highest BCUT2D eigenvalue weighted by Gasteiger charge is 2.32. The van der Waals surface area contributed by atoms with E-state index in [0.717, 1.165) is 17.0 Å². The molecule has 1 aromatic heterocycles. The van der Waals surface area contributed by atoms with Gasteiger partial charge < -0.3 is 24.7 Å². The summed E-state index contributed by atoms with van der Waals surface area (Å²) in [6, 6.07) is -1.48. The molecule has 2 aromatic rings. The van der Waals surface area contributed by atoms with Gasteiger partial charge in [-0.05, 0) is 33.6 Å². The van der Waals surface area contributed by atoms with Crippen LogP contribution in [0.2, 0.25) is 0 Å². The molecule has 2 atom stereocenters. The third-order valence-electron chi connectivity index (χ3n) is 5.68. The molecule has 1 saturated heterocycles. The Morgan fingerprint density at radius 1 is 1.15 bits per heavy atom. The monoisotopic (exact) mass is 585 g/mol. The Balaban J connectivity index is 1.74. The predicted molar refractivity (Wildman–Crippen MR) is 133 cm³/mol. The minimum absolute atomic E-state index is 0.0312. The van der Waals surface area contributed by atoms with Crippen LogP contribution in [0.25, 0.3) is 0 Å². The van der Waals surface area contributed by atoms with E-state index in [4.69, 9.17) is 9.47 Å². The number of rotatable bonds is 10. The fourth-order valence-electron chi connectivity index (χ4n) is 3.80. The van der Waals surface area contributed by atoms with Gasteiger partial charge in [0.2, 0.25) is 29.3 Å². The van der Waals surface area contributed by atoms with Crippen molar-refractivity contribution in [1.29, 1.82) is 0 Å². The molecule has 0 aliphatic carbocycles. The van der Waals surface area contributed by atoms with Gasteiger partial charge >= 0.3 is 6.09 Å². The molecule has 1 aromatic carbocycles. The number of nitrogens with zero attached hydrogens (tertiary/aromatic N) is 2. The normalized spacial score (nSPS) is 15.6. The van der Waals surface area contributed by atoms with E-state index < -0.39 is 94.8 Å². The van der Waals surface area contributed by atoms with E-state index in [1.807, 2.05) is 0 Å². The van der Waals surface area contributed by atoms with Crippen molar-refractivity contribution in [2.45, 2.75) is 51.8 Å². The summed E-state index contributed by atoms with van der Waals surface area (Å²) in [4.78, 5) is 66.2. The highest BCUT2D eigenvalue weighted by atomic mass is 19.2. The molecule has 0 radical (unpaired) electrons. The lowest BCUT2D eigenvalue weighted by atomic mass is 9.96. The average molecular weight is 586 g/mol. The Labute approximate surface area is 230 Å². The molecule has 12 nitrogen and oxygen atoms in total. The number of amides is 3. The molecule has 1 aliphatic rings. The second-order valence-electron chi connectivity index (χ2n) is 10.0. The van der Waals surface area contributed by atoms with E-state index in [1.165, 1.54) is 0 Å². The average Bonchev–Trinajstić information content (AvgIpc) is 3.27. The van der Waals surface area contributed by atoms with E-state index in [-0.39, 0.29) is 12.5 Å². The summed E-state index contributed by atoms with van der Waals surface area (Å²) in [5.74, 6) is -12.1. The Kier molecular flexibility index (Phi) is 9.67. The van der Waals surface area contributed by atoms with Crippen LogP contribution >= 0.6 is 0 Å². The van der Waals surface area contributed by atoms with Crippen molar-refractivity contribution in [3.63, 3.8) is 0 Å². The highest BCUT2D eigenvalue weighted by Crippen LogP contribution is 2.26. The molecule has 2 unspecified atom stereocenters. The summed E-state index contributed by atoms with van der Waals surface area (Å²) < 4.78 is 65.5. The third-order valence-corrected chi connectivity index (χ3v) is 5.68. The van der Waals surface area contributed by atoms with Gasteiger partial charge in [-0.1, -0.05) is 0 Å². The number of halogens is 4. The molecule has 3 amide bonds. The molecular weight excluding hydrogens is 558 g/mol. The van der Waals surface area contributed by atoms with Gasteiger partial charge in [-0.2, -0.15) is 8.78 Å². The number of aromatic nitrogens is 2. The molecule has 16 heteroatoms. The second-order valence-corrected chi connectivity index (χ2v) is 10.0. The van der Waals surface area contributed by atoms with Gasteiger partial charge in [-0.25, -0.2) is 18.6 Å². The highest BCUT2D eigenvalue weighted by molar-refractivity contribution is 5.91. The molecular formula is C25H27F4N5O7. The molecule has 41 heavy (non-hydrogen) atoms. The summed E-state index contributed by atoms with van der Waals surface area (Å²) >= 11 is 0. The zero-order valence-corrected chi connectivity index (χ0v) is 22.2. The minimum atomic E-state index is -1.86. The first-order valence-corrected chi connectivity index (χ1v) is 12.3. The van der Waals surface area contributed by atoms with Crippen LogP contribution in [0.4, 0.5) is 28.2 Å². The van der Waals surface area contributed by atoms with Gasteiger partial charge in [0.25, 0.3) is 5.56 Å². The number of carbonyl (C=O) groups excluding carboxylic acids is 4. The Morgan fingerprint density at radius 2 is 1.80 bits per heavy atom. The zero-order valence-electron chi connectivity index (χ0n) is 22.2. The van der Waals surface area contributed by atoms with Gasteiger partial charge in [0.1, 0.15) is 18.8 Å². The SMILES string of the molecule is CC(C)(C)OC(=O)Nc1nccn(CC(=O)NC(CC2CCNC2=O)C(=O)COc2c(F)c(F)cc(F)c2F)c1=O. The Morgan fingerprint density at radius 3 is 2.39 bits per heavy atom. The zero-order chi connectivity index (χ0) is 30.5. The lowest BCUT2D eigenvalue weighted by Crippen LogP contribution is -2.46. The summed E-state index contributed by atoms with van der Waals surface area (Å²) in [7, 11) is 0. The molecule has 0 spiro atoms. The number of benzene rings is 1. The maximum Gasteiger partial charge on any atom is 0.413 e. The lowest BCUT2D eigenvalue weighted by Gasteiger charge is -2.21. The maximum atomic E-state index is 13.9. The second kappa shape index (κ2) is 12.8. The smallest absolute Gasteiger partial charge is 0.413 e. The van der Waals surface area contributed by atoms with Crippen LogP contribution in [0.5, 0.6) is 5.75 Å². The van der Waals surface area contributed by atoms with E-state index in [9.17, 15) is 41.5 Å². The number of hydrogen-bond donors (Lipinski definition) is 3. The molecule has 0 bridgehead atoms. The third kappa shape index (κ3) is 8.25. The van der Waals surface area contributed by atoms with Crippen LogP contribution in [0.3, 0.4) is 0 Å². The van der Waals surface area contributed by atoms with Gasteiger partial charge in [0.05, 0.1) is 6.04 Å². The van der Waals surface area contributed by atoms with E-state index in [1.54, 1.807) is 20.8 Å². The van der Waals surface area contributed by atoms with Crippen molar-refractivity contribution < 1.29 is 46.2 Å². The minimum Gasteiger partial charge on any atom is -0.479 e. The first-order chi connectivity index (χ1) is 19.2. The maximum absolute atomic E-state index is 13.9. The molecule has 3 rings (SSSR count). The Bertz CT molecular complexity index is 1380. The van der Waals surface area contributed by atoms with Crippen molar-refractivity contribution in [2.75, 3.05) is 18.5 Å². The van der Waals surface area contributed by atoms with Gasteiger partial charge in [-0.3, -0.25) is 24.5 Å². The van der Waals surface area contributed by atoms with Crippen LogP contribution in [-0.4, -0.2) is 58.0 Å². The summed E-state index contributed by atoms with van der Waals surface area (Å²) in [6.07, 6.45) is 1.38. The largest absolute Gasteiger partial charge is 0.479 e. The van der Waals surface area contributed by atoms with Crippen LogP contribution in [-0.2, 0) is 25.7 Å². The molecule has 0 saturated carbocycles. The van der Waals surface area contributed by atoms with Crippen LogP contribution in [0.1, 0.15) is 33.6 Å². The molecule has 3 N–H and O–H groups in total. The molecule has 1 aliphatic heterocycles. The topological polar surface area (TPSA) is 158 Å². The number of ether oxygens (including phenoxy) is 2. The van der Waals surface area contributed by atoms with Crippen LogP contribution in [0.15, 0.2) is 23.3 Å². The van der Waals surface area contributed by atoms with E-state index in [2.05, 4.69) is 20.9 Å². The number of carbonyl (C=O) groups is 4. The van der Waals surface area contributed by atoms with Gasteiger partial charge in [-0.15, -0.1) is 0 Å². The van der Waals surface area contributed by atoms with Gasteiger partial charge in [0, 0.05) is 30.9 Å². The molecule has 2 heterocycles. The fraction of sp³-hybridized carbons (Fsp3) is 0.440. The van der Waals surface area contributed by atoms with Crippen molar-refractivity contribution in [1.82, 2.24) is 20.2 Å². The summed E-state index contributed by atoms with van der Waals surface area (Å²) in [5.41, 5.74) is -1.74.